The monoisotopic (exact) mass is 809 g/mol. The zero-order valence-corrected chi connectivity index (χ0v) is 35.6. The fraction of sp³-hybridized carbons (Fsp3) is 0.689. The molecule has 0 spiro atoms. The molecule has 0 aromatic carbocycles. The Kier molecular flexibility index (Phi) is 37.4. The van der Waals surface area contributed by atoms with Crippen molar-refractivity contribution in [3.8, 4) is 0 Å². The summed E-state index contributed by atoms with van der Waals surface area (Å²) in [7, 11) is -4.83. The van der Waals surface area contributed by atoms with E-state index in [0.29, 0.717) is 6.42 Å². The maximum atomic E-state index is 12.4. The van der Waals surface area contributed by atoms with Gasteiger partial charge in [0.1, 0.15) is 6.61 Å². The van der Waals surface area contributed by atoms with Crippen LogP contribution in [0.2, 0.25) is 0 Å². The van der Waals surface area contributed by atoms with Crippen molar-refractivity contribution in [1.82, 2.24) is 0 Å². The van der Waals surface area contributed by atoms with Crippen LogP contribution in [0.15, 0.2) is 72.9 Å². The molecule has 10 nitrogen and oxygen atoms in total. The SMILES string of the molecule is CC/C=C\C/C=C\C/C=C\C/C=C\C[C@H](O)[C@@H](O)CCCC(=O)OC[C@H](COP(=O)(O)O)OC(=O)CCCCCCCCCCC/C=C\C/C=C\CCCCC. The molecular weight excluding hydrogens is 731 g/mol. The number of unbranched alkanes of at least 4 members (excludes halogenated alkanes) is 12. The van der Waals surface area contributed by atoms with E-state index in [1.807, 2.05) is 18.2 Å². The maximum absolute atomic E-state index is 12.4. The predicted molar refractivity (Wildman–Crippen MR) is 228 cm³/mol. The van der Waals surface area contributed by atoms with Gasteiger partial charge in [0.05, 0.1) is 18.8 Å². The van der Waals surface area contributed by atoms with Gasteiger partial charge in [0.25, 0.3) is 0 Å². The number of carbonyl (C=O) groups excluding carboxylic acids is 2. The van der Waals surface area contributed by atoms with Gasteiger partial charge in [-0.3, -0.25) is 14.1 Å². The van der Waals surface area contributed by atoms with Crippen LogP contribution in [-0.4, -0.2) is 63.5 Å². The Morgan fingerprint density at radius 3 is 1.59 bits per heavy atom. The molecule has 0 bridgehead atoms. The van der Waals surface area contributed by atoms with E-state index in [1.54, 1.807) is 0 Å². The second kappa shape index (κ2) is 39.2. The molecular formula is C45H77O10P. The molecule has 0 amide bonds. The zero-order valence-electron chi connectivity index (χ0n) is 34.7. The molecule has 0 saturated heterocycles. The van der Waals surface area contributed by atoms with Gasteiger partial charge >= 0.3 is 19.8 Å². The standard InChI is InChI=1S/C45H77O10P/c1-3-5-7-9-11-13-15-17-18-19-20-21-22-23-25-27-29-31-33-37-45(49)55-41(40-54-56(50,51)52)39-53-44(48)38-34-36-43(47)42(46)35-32-30-28-26-24-16-14-12-10-8-6-4-2/h6,8,11-14,17-18,24,26,30,32,41-43,46-47H,3-5,7,9-10,15-16,19-23,25,27-29,31,33-40H2,1-2H3,(H2,50,51,52)/b8-6-,13-11-,14-12-,18-17-,26-24-,32-30-/t41-,42+,43+/m1/s1. The quantitative estimate of drug-likeness (QED) is 0.0205. The van der Waals surface area contributed by atoms with Gasteiger partial charge in [-0.15, -0.1) is 0 Å². The van der Waals surface area contributed by atoms with Crippen molar-refractivity contribution in [2.45, 2.75) is 186 Å². The Hall–Kier alpha value is -2.59. The third kappa shape index (κ3) is 39.6. The highest BCUT2D eigenvalue weighted by molar-refractivity contribution is 7.46. The Labute approximate surface area is 339 Å². The summed E-state index contributed by atoms with van der Waals surface area (Å²) in [6.45, 7) is 3.29. The van der Waals surface area contributed by atoms with E-state index in [4.69, 9.17) is 19.3 Å². The van der Waals surface area contributed by atoms with Crippen molar-refractivity contribution in [2.24, 2.45) is 0 Å². The number of allylic oxidation sites excluding steroid dienone is 11. The number of ether oxygens (including phenoxy) is 2. The number of aliphatic hydroxyl groups is 2. The van der Waals surface area contributed by atoms with Crippen molar-refractivity contribution >= 4 is 19.8 Å². The van der Waals surface area contributed by atoms with Crippen molar-refractivity contribution in [1.29, 1.82) is 0 Å². The summed E-state index contributed by atoms with van der Waals surface area (Å²) in [5, 5.41) is 20.5. The minimum atomic E-state index is -4.83. The van der Waals surface area contributed by atoms with Crippen LogP contribution in [0.5, 0.6) is 0 Å². The molecule has 0 aromatic heterocycles. The molecule has 0 aliphatic rings. The number of aliphatic hydroxyl groups excluding tert-OH is 2. The number of rotatable bonds is 38. The normalized spacial score (nSPS) is 14.3. The number of esters is 2. The second-order valence-corrected chi connectivity index (χ2v) is 15.5. The van der Waals surface area contributed by atoms with Gasteiger partial charge in [0.2, 0.25) is 0 Å². The van der Waals surface area contributed by atoms with Crippen LogP contribution in [0.1, 0.15) is 168 Å². The minimum Gasteiger partial charge on any atom is -0.462 e. The summed E-state index contributed by atoms with van der Waals surface area (Å²) in [5.74, 6) is -1.18. The lowest BCUT2D eigenvalue weighted by atomic mass is 10.0. The van der Waals surface area contributed by atoms with Crippen LogP contribution in [-0.2, 0) is 28.2 Å². The zero-order chi connectivity index (χ0) is 41.4. The number of carbonyl (C=O) groups is 2. The molecule has 0 fully saturated rings. The van der Waals surface area contributed by atoms with Gasteiger partial charge in [-0.05, 0) is 83.5 Å². The number of phosphoric ester groups is 1. The first kappa shape index (κ1) is 53.4. The van der Waals surface area contributed by atoms with Crippen molar-refractivity contribution in [3.63, 3.8) is 0 Å². The van der Waals surface area contributed by atoms with Gasteiger partial charge < -0.3 is 29.5 Å². The van der Waals surface area contributed by atoms with E-state index in [1.165, 1.54) is 57.8 Å². The van der Waals surface area contributed by atoms with E-state index >= 15 is 0 Å². The molecule has 0 unspecified atom stereocenters. The largest absolute Gasteiger partial charge is 0.469 e. The lowest BCUT2D eigenvalue weighted by Crippen LogP contribution is -2.29. The lowest BCUT2D eigenvalue weighted by Gasteiger charge is -2.19. The van der Waals surface area contributed by atoms with Crippen molar-refractivity contribution < 1.29 is 48.2 Å². The number of hydrogen-bond donors (Lipinski definition) is 4. The Bertz CT molecular complexity index is 1170. The van der Waals surface area contributed by atoms with E-state index in [9.17, 15) is 24.4 Å². The summed E-state index contributed by atoms with van der Waals surface area (Å²) in [4.78, 5) is 42.9. The van der Waals surface area contributed by atoms with Crippen LogP contribution in [0.3, 0.4) is 0 Å². The summed E-state index contributed by atoms with van der Waals surface area (Å²) in [6, 6.07) is 0. The summed E-state index contributed by atoms with van der Waals surface area (Å²) in [6.07, 6.45) is 43.6. The van der Waals surface area contributed by atoms with Crippen molar-refractivity contribution in [2.75, 3.05) is 13.2 Å². The molecule has 56 heavy (non-hydrogen) atoms. The third-order valence-electron chi connectivity index (χ3n) is 8.91. The molecule has 0 aromatic rings. The molecule has 0 saturated carbocycles. The molecule has 322 valence electrons. The summed E-state index contributed by atoms with van der Waals surface area (Å²) >= 11 is 0. The van der Waals surface area contributed by atoms with Crippen LogP contribution < -0.4 is 0 Å². The Morgan fingerprint density at radius 1 is 0.554 bits per heavy atom. The Morgan fingerprint density at radius 2 is 1.04 bits per heavy atom. The van der Waals surface area contributed by atoms with E-state index in [2.05, 4.69) is 73.1 Å². The molecule has 3 atom stereocenters. The molecule has 0 aliphatic carbocycles. The average molecular weight is 809 g/mol. The summed E-state index contributed by atoms with van der Waals surface area (Å²) < 4.78 is 26.2. The fourth-order valence-electron chi connectivity index (χ4n) is 5.61. The lowest BCUT2D eigenvalue weighted by molar-refractivity contribution is -0.161. The van der Waals surface area contributed by atoms with Gasteiger partial charge in [0.15, 0.2) is 6.10 Å². The third-order valence-corrected chi connectivity index (χ3v) is 9.40. The van der Waals surface area contributed by atoms with Gasteiger partial charge in [-0.1, -0.05) is 145 Å². The van der Waals surface area contributed by atoms with Crippen LogP contribution in [0.25, 0.3) is 0 Å². The van der Waals surface area contributed by atoms with E-state index < -0.39 is 51.3 Å². The van der Waals surface area contributed by atoms with Crippen LogP contribution in [0, 0.1) is 0 Å². The fourth-order valence-corrected chi connectivity index (χ4v) is 5.97. The van der Waals surface area contributed by atoms with Crippen molar-refractivity contribution in [3.05, 3.63) is 72.9 Å². The molecule has 11 heteroatoms. The first-order valence-electron chi connectivity index (χ1n) is 21.4. The minimum absolute atomic E-state index is 0.0531. The van der Waals surface area contributed by atoms with Gasteiger partial charge in [-0.25, -0.2) is 4.57 Å². The smallest absolute Gasteiger partial charge is 0.462 e. The number of hydrogen-bond acceptors (Lipinski definition) is 8. The Balaban J connectivity index is 4.15. The molecule has 0 radical (unpaired) electrons. The van der Waals surface area contributed by atoms with Crippen LogP contribution >= 0.6 is 7.82 Å². The van der Waals surface area contributed by atoms with E-state index in [0.717, 1.165) is 57.8 Å². The molecule has 4 N–H and O–H groups in total. The summed E-state index contributed by atoms with van der Waals surface area (Å²) in [5.41, 5.74) is 0. The van der Waals surface area contributed by atoms with E-state index in [-0.39, 0.29) is 32.1 Å². The molecule has 0 rings (SSSR count). The second-order valence-electron chi connectivity index (χ2n) is 14.2. The highest BCUT2D eigenvalue weighted by Gasteiger charge is 2.23. The number of phosphoric acid groups is 1. The first-order valence-corrected chi connectivity index (χ1v) is 22.9. The van der Waals surface area contributed by atoms with Crippen LogP contribution in [0.4, 0.5) is 0 Å². The highest BCUT2D eigenvalue weighted by Crippen LogP contribution is 2.36. The topological polar surface area (TPSA) is 160 Å². The van der Waals surface area contributed by atoms with Gasteiger partial charge in [-0.2, -0.15) is 0 Å². The molecule has 0 heterocycles. The average Bonchev–Trinajstić information content (AvgIpc) is 3.16. The molecule has 0 aliphatic heterocycles. The maximum Gasteiger partial charge on any atom is 0.469 e. The van der Waals surface area contributed by atoms with Gasteiger partial charge in [0, 0.05) is 12.8 Å². The first-order chi connectivity index (χ1) is 27.1. The predicted octanol–water partition coefficient (Wildman–Crippen LogP) is 11.0. The highest BCUT2D eigenvalue weighted by atomic mass is 31.2.